The van der Waals surface area contributed by atoms with Gasteiger partial charge >= 0.3 is 0 Å². The van der Waals surface area contributed by atoms with Crippen molar-refractivity contribution in [3.05, 3.63) is 144 Å². The topological polar surface area (TPSA) is 93.1 Å². The molecule has 184 valence electrons. The molecule has 5 aromatic rings. The zero-order valence-electron chi connectivity index (χ0n) is 19.7. The van der Waals surface area contributed by atoms with Crippen molar-refractivity contribution in [2.24, 2.45) is 0 Å². The Morgan fingerprint density at radius 1 is 0.676 bits per heavy atom. The summed E-state index contributed by atoms with van der Waals surface area (Å²) >= 11 is 0. The molecule has 0 fully saturated rings. The molecule has 2 N–H and O–H groups in total. The molecule has 0 saturated heterocycles. The molecule has 1 aromatic heterocycles. The van der Waals surface area contributed by atoms with Crippen LogP contribution < -0.4 is 10.0 Å². The predicted octanol–water partition coefficient (Wildman–Crippen LogP) is 5.57. The number of carbonyl (C=O) groups excluding carboxylic acids is 1. The van der Waals surface area contributed by atoms with Crippen molar-refractivity contribution in [3.63, 3.8) is 0 Å². The lowest BCUT2D eigenvalue weighted by Crippen LogP contribution is -2.26. The Balaban J connectivity index is 1.69. The highest BCUT2D eigenvalue weighted by Crippen LogP contribution is 2.32. The molecule has 1 heterocycles. The Hall–Kier alpha value is -4.69. The van der Waals surface area contributed by atoms with E-state index in [0.717, 1.165) is 11.1 Å². The van der Waals surface area contributed by atoms with Gasteiger partial charge in [0.25, 0.3) is 15.9 Å². The summed E-state index contributed by atoms with van der Waals surface area (Å²) in [7, 11) is -4.17. The second-order valence-electron chi connectivity index (χ2n) is 8.31. The number of carbonyl (C=O) groups is 1. The normalized spacial score (nSPS) is 11.3. The van der Waals surface area contributed by atoms with Gasteiger partial charge < -0.3 is 5.32 Å². The highest BCUT2D eigenvalue weighted by atomic mass is 32.2. The second-order valence-corrected chi connectivity index (χ2v) is 9.89. The first-order chi connectivity index (χ1) is 18.0. The van der Waals surface area contributed by atoms with Gasteiger partial charge in [-0.05, 0) is 35.4 Å². The quantitative estimate of drug-likeness (QED) is 0.286. The maximum atomic E-state index is 13.7. The molecule has 37 heavy (non-hydrogen) atoms. The minimum atomic E-state index is -4.17. The number of rotatable bonds is 8. The largest absolute Gasteiger partial charge is 0.321 e. The smallest absolute Gasteiger partial charge is 0.295 e. The zero-order valence-corrected chi connectivity index (χ0v) is 20.5. The van der Waals surface area contributed by atoms with Crippen molar-refractivity contribution in [2.75, 3.05) is 10.0 Å². The summed E-state index contributed by atoms with van der Waals surface area (Å²) in [5.41, 5.74) is 2.69. The summed E-state index contributed by atoms with van der Waals surface area (Å²) < 4.78 is 31.4. The fourth-order valence-electron chi connectivity index (χ4n) is 4.15. The Kier molecular flexibility index (Phi) is 6.83. The lowest BCUT2D eigenvalue weighted by molar-refractivity contribution is 0.101. The lowest BCUT2D eigenvalue weighted by atomic mass is 9.98. The number of amides is 1. The number of imidazole rings is 1. The molecule has 8 heteroatoms. The van der Waals surface area contributed by atoms with Crippen LogP contribution in [0.3, 0.4) is 0 Å². The van der Waals surface area contributed by atoms with Gasteiger partial charge in [-0.25, -0.2) is 4.98 Å². The average molecular weight is 509 g/mol. The Bertz CT molecular complexity index is 1550. The summed E-state index contributed by atoms with van der Waals surface area (Å²) in [6.45, 7) is 0. The fraction of sp³-hybridized carbons (Fsp3) is 0.0345. The molecule has 0 aliphatic carbocycles. The number of hydrogen-bond acceptors (Lipinski definition) is 4. The summed E-state index contributed by atoms with van der Waals surface area (Å²) in [6.07, 6.45) is 1.30. The molecule has 0 radical (unpaired) electrons. The molecule has 0 aliphatic heterocycles. The molecule has 0 saturated carbocycles. The third-order valence-electron chi connectivity index (χ3n) is 5.78. The number of nitrogens with zero attached hydrogens (tertiary/aromatic N) is 2. The third kappa shape index (κ3) is 5.29. The van der Waals surface area contributed by atoms with Crippen molar-refractivity contribution in [2.45, 2.75) is 11.2 Å². The molecule has 1 amide bonds. The molecule has 0 aliphatic rings. The number of sulfonamides is 1. The molecular formula is C29H24N4O3S. The predicted molar refractivity (Wildman–Crippen MR) is 144 cm³/mol. The summed E-state index contributed by atoms with van der Waals surface area (Å²) in [4.78, 5) is 17.8. The van der Waals surface area contributed by atoms with E-state index in [4.69, 9.17) is 0 Å². The van der Waals surface area contributed by atoms with Gasteiger partial charge in [-0.15, -0.1) is 0 Å². The highest BCUT2D eigenvalue weighted by Gasteiger charge is 2.32. The lowest BCUT2D eigenvalue weighted by Gasteiger charge is -2.24. The molecule has 0 spiro atoms. The van der Waals surface area contributed by atoms with E-state index in [1.54, 1.807) is 42.5 Å². The van der Waals surface area contributed by atoms with Crippen molar-refractivity contribution in [3.8, 4) is 0 Å². The van der Waals surface area contributed by atoms with Gasteiger partial charge in [-0.1, -0.05) is 97.1 Å². The average Bonchev–Trinajstić information content (AvgIpc) is 3.37. The van der Waals surface area contributed by atoms with Crippen molar-refractivity contribution < 1.29 is 13.2 Å². The van der Waals surface area contributed by atoms with Crippen LogP contribution in [0.25, 0.3) is 0 Å². The van der Waals surface area contributed by atoms with Gasteiger partial charge in [-0.3, -0.25) is 14.1 Å². The zero-order chi connectivity index (χ0) is 25.7. The Morgan fingerprint density at radius 3 is 1.65 bits per heavy atom. The van der Waals surface area contributed by atoms with Gasteiger partial charge in [-0.2, -0.15) is 8.42 Å². The number of benzene rings is 4. The van der Waals surface area contributed by atoms with Crippen molar-refractivity contribution in [1.29, 1.82) is 0 Å². The van der Waals surface area contributed by atoms with Gasteiger partial charge in [0.2, 0.25) is 5.16 Å². The first kappa shape index (κ1) is 24.0. The van der Waals surface area contributed by atoms with E-state index in [0.29, 0.717) is 11.4 Å². The maximum absolute atomic E-state index is 13.7. The van der Waals surface area contributed by atoms with Crippen LogP contribution in [0.5, 0.6) is 0 Å². The minimum Gasteiger partial charge on any atom is -0.321 e. The molecule has 4 aromatic carbocycles. The SMILES string of the molecule is O=C(Nc1ccccc1)c1cnc(S(=O)(=O)Nc2ccccc2)n1C(c1ccccc1)c1ccccc1. The molecule has 0 bridgehead atoms. The van der Waals surface area contributed by atoms with Crippen molar-refractivity contribution in [1.82, 2.24) is 9.55 Å². The van der Waals surface area contributed by atoms with Crippen LogP contribution in [0.1, 0.15) is 27.7 Å². The number of anilines is 2. The van der Waals surface area contributed by atoms with Crippen LogP contribution in [0, 0.1) is 0 Å². The van der Waals surface area contributed by atoms with Crippen LogP contribution in [-0.4, -0.2) is 23.9 Å². The van der Waals surface area contributed by atoms with E-state index in [1.165, 1.54) is 10.8 Å². The van der Waals surface area contributed by atoms with Crippen LogP contribution in [0.4, 0.5) is 11.4 Å². The van der Waals surface area contributed by atoms with E-state index in [1.807, 2.05) is 78.9 Å². The summed E-state index contributed by atoms with van der Waals surface area (Å²) in [5, 5.41) is 2.58. The van der Waals surface area contributed by atoms with Crippen LogP contribution in [-0.2, 0) is 10.0 Å². The van der Waals surface area contributed by atoms with E-state index in [-0.39, 0.29) is 10.9 Å². The standard InChI is InChI=1S/C29H24N4O3S/c34-28(31-24-17-9-3-10-18-24)26-21-30-29(37(35,36)32-25-19-11-4-12-20-25)33(26)27(22-13-5-1-6-14-22)23-15-7-2-8-16-23/h1-21,27,32H,(H,31,34). The van der Waals surface area contributed by atoms with E-state index < -0.39 is 22.0 Å². The van der Waals surface area contributed by atoms with Crippen LogP contribution >= 0.6 is 0 Å². The van der Waals surface area contributed by atoms with Gasteiger partial charge in [0.1, 0.15) is 5.69 Å². The van der Waals surface area contributed by atoms with Gasteiger partial charge in [0, 0.05) is 11.4 Å². The third-order valence-corrected chi connectivity index (χ3v) is 7.07. The highest BCUT2D eigenvalue weighted by molar-refractivity contribution is 7.92. The molecular weight excluding hydrogens is 484 g/mol. The van der Waals surface area contributed by atoms with Crippen molar-refractivity contribution >= 4 is 27.3 Å². The monoisotopic (exact) mass is 508 g/mol. The van der Waals surface area contributed by atoms with E-state index in [2.05, 4.69) is 15.0 Å². The van der Waals surface area contributed by atoms with E-state index in [9.17, 15) is 13.2 Å². The number of aromatic nitrogens is 2. The molecule has 7 nitrogen and oxygen atoms in total. The van der Waals surface area contributed by atoms with Crippen LogP contribution in [0.2, 0.25) is 0 Å². The molecule has 0 atom stereocenters. The fourth-order valence-corrected chi connectivity index (χ4v) is 5.34. The Morgan fingerprint density at radius 2 is 1.14 bits per heavy atom. The van der Waals surface area contributed by atoms with Gasteiger partial charge in [0.05, 0.1) is 12.2 Å². The van der Waals surface area contributed by atoms with Gasteiger partial charge in [0.15, 0.2) is 0 Å². The maximum Gasteiger partial charge on any atom is 0.295 e. The Labute approximate surface area is 215 Å². The van der Waals surface area contributed by atoms with Crippen LogP contribution in [0.15, 0.2) is 133 Å². The molecule has 5 rings (SSSR count). The number of para-hydroxylation sites is 2. The molecule has 0 unspecified atom stereocenters. The summed E-state index contributed by atoms with van der Waals surface area (Å²) in [6, 6.07) is 35.8. The number of hydrogen-bond donors (Lipinski definition) is 2. The first-order valence-corrected chi connectivity index (χ1v) is 13.1. The minimum absolute atomic E-state index is 0.106. The first-order valence-electron chi connectivity index (χ1n) is 11.6. The number of nitrogens with one attached hydrogen (secondary N) is 2. The van der Waals surface area contributed by atoms with E-state index >= 15 is 0 Å². The second kappa shape index (κ2) is 10.5. The summed E-state index contributed by atoms with van der Waals surface area (Å²) in [5.74, 6) is -0.475.